The fraction of sp³-hybridized carbons (Fsp3) is 0.176. The SMILES string of the molecule is Cc1cc(C)c2nc(Cl)[nH]c2c1.Cc1cc(C)c2nc(Nc3ccc(C#N)cc3)[nH]c2c1.Cc1cc(C)c2nc(Nc3ccc(C#N)cc3)n(Cc3nc(C)ccc3O)c2c1.Cc1cc(C)c2nc(Nc3ccc(CN)cc3)n(Cc3nc(C)ccc3O)c2c1.Cc1ccc(O)c(CCl)n1.N#Cc1ccc(N)cc1. The van der Waals surface area contributed by atoms with Gasteiger partial charge in [0.25, 0.3) is 0 Å². The van der Waals surface area contributed by atoms with Gasteiger partial charge in [-0.15, -0.1) is 11.6 Å². The molecule has 0 aliphatic carbocycles. The smallest absolute Gasteiger partial charge is 0.208 e. The molecule has 0 fully saturated rings. The number of H-pyrrole nitrogens is 2. The molecule has 0 amide bonds. The molecule has 550 valence electrons. The second kappa shape index (κ2) is 35.7. The zero-order valence-corrected chi connectivity index (χ0v) is 63.8. The minimum Gasteiger partial charge on any atom is -0.506 e. The summed E-state index contributed by atoms with van der Waals surface area (Å²) in [6.07, 6.45) is 0. The second-order valence-electron chi connectivity index (χ2n) is 26.3. The Bertz CT molecular complexity index is 5870. The molecule has 12 N–H and O–H groups in total. The highest BCUT2D eigenvalue weighted by atomic mass is 35.5. The molecule has 15 aromatic rings. The van der Waals surface area contributed by atoms with E-state index in [0.29, 0.717) is 82.2 Å². The van der Waals surface area contributed by atoms with Gasteiger partial charge in [0.2, 0.25) is 23.1 Å². The molecule has 0 spiro atoms. The van der Waals surface area contributed by atoms with E-state index in [4.69, 9.17) is 65.5 Å². The van der Waals surface area contributed by atoms with Crippen molar-refractivity contribution in [1.29, 1.82) is 15.8 Å². The van der Waals surface area contributed by atoms with Gasteiger partial charge >= 0.3 is 0 Å². The van der Waals surface area contributed by atoms with Crippen molar-refractivity contribution >= 4 is 108 Å². The van der Waals surface area contributed by atoms with Crippen molar-refractivity contribution in [3.8, 4) is 35.5 Å². The first-order valence-corrected chi connectivity index (χ1v) is 35.6. The maximum Gasteiger partial charge on any atom is 0.208 e. The van der Waals surface area contributed by atoms with Gasteiger partial charge in [-0.25, -0.2) is 19.9 Å². The van der Waals surface area contributed by atoms with E-state index in [1.807, 2.05) is 99.9 Å². The molecular formula is C85H83Cl2N19O3. The Kier molecular flexibility index (Phi) is 25.6. The maximum absolute atomic E-state index is 10.3. The Balaban J connectivity index is 0.000000147. The Hall–Kier alpha value is -13.3. The Morgan fingerprint density at radius 1 is 0.413 bits per heavy atom. The van der Waals surface area contributed by atoms with E-state index in [1.165, 1.54) is 11.1 Å². The Morgan fingerprint density at radius 2 is 0.771 bits per heavy atom. The highest BCUT2D eigenvalue weighted by Gasteiger charge is 2.19. The largest absolute Gasteiger partial charge is 0.506 e. The summed E-state index contributed by atoms with van der Waals surface area (Å²) in [7, 11) is 0. The molecule has 24 heteroatoms. The molecule has 15 rings (SSSR count). The predicted octanol–water partition coefficient (Wildman–Crippen LogP) is 18.6. The van der Waals surface area contributed by atoms with Crippen LogP contribution in [0.2, 0.25) is 5.28 Å². The lowest BCUT2D eigenvalue weighted by atomic mass is 10.1. The Morgan fingerprint density at radius 3 is 1.17 bits per heavy atom. The van der Waals surface area contributed by atoms with Crippen molar-refractivity contribution in [2.75, 3.05) is 21.7 Å². The number of nitriles is 3. The third-order valence-corrected chi connectivity index (χ3v) is 17.7. The molecule has 0 aliphatic rings. The molecule has 8 aromatic carbocycles. The van der Waals surface area contributed by atoms with E-state index in [1.54, 1.807) is 84.9 Å². The normalized spacial score (nSPS) is 10.6. The van der Waals surface area contributed by atoms with Crippen molar-refractivity contribution in [3.05, 3.63) is 288 Å². The van der Waals surface area contributed by atoms with Crippen LogP contribution in [-0.2, 0) is 25.5 Å². The molecule has 0 bridgehead atoms. The summed E-state index contributed by atoms with van der Waals surface area (Å²) in [6.45, 7) is 23.4. The van der Waals surface area contributed by atoms with Crippen LogP contribution in [0.1, 0.15) is 101 Å². The summed E-state index contributed by atoms with van der Waals surface area (Å²) >= 11 is 11.2. The monoisotopic (exact) mass is 1490 g/mol. The van der Waals surface area contributed by atoms with Crippen molar-refractivity contribution in [2.24, 2.45) is 5.73 Å². The number of anilines is 7. The minimum absolute atomic E-state index is 0.158. The molecule has 0 radical (unpaired) electrons. The van der Waals surface area contributed by atoms with Gasteiger partial charge in [0.05, 0.1) is 104 Å². The fourth-order valence-corrected chi connectivity index (χ4v) is 12.4. The molecule has 7 aromatic heterocycles. The van der Waals surface area contributed by atoms with Crippen LogP contribution in [0, 0.1) is 110 Å². The number of alkyl halides is 1. The molecule has 0 saturated heterocycles. The number of aromatic hydroxyl groups is 3. The number of imidazole rings is 4. The summed E-state index contributed by atoms with van der Waals surface area (Å²) in [5, 5.41) is 66.3. The number of halogens is 2. The van der Waals surface area contributed by atoms with E-state index in [2.05, 4.69) is 152 Å². The molecule has 0 aliphatic heterocycles. The predicted molar refractivity (Wildman–Crippen MR) is 436 cm³/mol. The summed E-state index contributed by atoms with van der Waals surface area (Å²) in [5.74, 6) is 2.83. The van der Waals surface area contributed by atoms with Gasteiger partial charge in [0.1, 0.15) is 28.6 Å². The number of hydrogen-bond donors (Lipinski definition) is 10. The molecule has 7 heterocycles. The number of hydrogen-bond acceptors (Lipinski definition) is 18. The van der Waals surface area contributed by atoms with Crippen LogP contribution in [0.5, 0.6) is 17.2 Å². The number of nitrogens with two attached hydrogens (primary N) is 2. The van der Waals surface area contributed by atoms with Crippen molar-refractivity contribution in [2.45, 2.75) is 102 Å². The number of nitrogen functional groups attached to an aromatic ring is 1. The van der Waals surface area contributed by atoms with Crippen molar-refractivity contribution < 1.29 is 15.3 Å². The molecule has 0 atom stereocenters. The summed E-state index contributed by atoms with van der Waals surface area (Å²) in [5.41, 5.74) is 38.8. The highest BCUT2D eigenvalue weighted by molar-refractivity contribution is 6.29. The standard InChI is InChI=1S/C23H25N5O.C23H21N5O.C16H14N4.C9H9ClN2.C7H8ClNO.C7H6N2/c2*1-14-10-15(2)22-20(11-14)28(13-19-21(29)9-4-16(3)25-19)23(27-22)26-18-7-5-17(12-24)6-8-18;1-10-7-11(2)15-14(8-10)19-16(20-15)18-13-5-3-12(9-17)4-6-13;1-5-3-6(2)8-7(4-5)11-9(10)12-8;1-5-2-3-7(10)6(4-8)9-5;8-5-6-1-3-7(9)4-2-6/h4-11,29H,12-13,24H2,1-3H3,(H,26,27);4-11,29H,13H2,1-3H3,(H,26,27);3-8H,1-2H3,(H2,18,19,20);3-4H,1-2H3,(H,11,12);2-3,10H,4H2,1H3;1-4H,9H2. The van der Waals surface area contributed by atoms with E-state index < -0.39 is 0 Å². The van der Waals surface area contributed by atoms with Crippen LogP contribution >= 0.6 is 23.2 Å². The van der Waals surface area contributed by atoms with Gasteiger partial charge in [-0.3, -0.25) is 15.0 Å². The van der Waals surface area contributed by atoms with Gasteiger partial charge in [0, 0.05) is 46.4 Å². The van der Waals surface area contributed by atoms with E-state index in [9.17, 15) is 10.2 Å². The van der Waals surface area contributed by atoms with Crippen LogP contribution in [-0.4, -0.2) is 69.3 Å². The third kappa shape index (κ3) is 20.4. The van der Waals surface area contributed by atoms with Crippen LogP contribution in [0.25, 0.3) is 44.1 Å². The Labute approximate surface area is 642 Å². The first-order valence-electron chi connectivity index (χ1n) is 34.7. The van der Waals surface area contributed by atoms with E-state index in [0.717, 1.165) is 117 Å². The van der Waals surface area contributed by atoms with E-state index in [-0.39, 0.29) is 23.1 Å². The number of aromatic nitrogens is 11. The lowest BCUT2D eigenvalue weighted by molar-refractivity contribution is 0.461. The number of rotatable bonds is 12. The van der Waals surface area contributed by atoms with Crippen LogP contribution in [0.4, 0.5) is 40.6 Å². The van der Waals surface area contributed by atoms with Gasteiger partial charge in [-0.05, 0) is 283 Å². The number of aromatic amines is 2. The fourth-order valence-electron chi connectivity index (χ4n) is 12.0. The van der Waals surface area contributed by atoms with Gasteiger partial charge in [0.15, 0.2) is 0 Å². The van der Waals surface area contributed by atoms with Crippen LogP contribution in [0.15, 0.2) is 182 Å². The van der Waals surface area contributed by atoms with Gasteiger partial charge < -0.3 is 61.8 Å². The molecular weight excluding hydrogens is 1410 g/mol. The zero-order valence-electron chi connectivity index (χ0n) is 62.3. The van der Waals surface area contributed by atoms with Crippen LogP contribution in [0.3, 0.4) is 0 Å². The van der Waals surface area contributed by atoms with E-state index >= 15 is 0 Å². The minimum atomic E-state index is 0.158. The summed E-state index contributed by atoms with van der Waals surface area (Å²) in [4.78, 5) is 37.7. The molecule has 0 unspecified atom stereocenters. The lowest BCUT2D eigenvalue weighted by Gasteiger charge is -2.12. The van der Waals surface area contributed by atoms with Crippen molar-refractivity contribution in [3.63, 3.8) is 0 Å². The summed E-state index contributed by atoms with van der Waals surface area (Å²) < 4.78 is 4.09. The summed E-state index contributed by atoms with van der Waals surface area (Å²) in [6, 6.07) is 62.6. The number of nitrogens with one attached hydrogen (secondary N) is 5. The first kappa shape index (κ1) is 78.3. The second-order valence-corrected chi connectivity index (χ2v) is 26.9. The van der Waals surface area contributed by atoms with Crippen LogP contribution < -0.4 is 27.4 Å². The molecule has 109 heavy (non-hydrogen) atoms. The highest BCUT2D eigenvalue weighted by Crippen LogP contribution is 2.32. The lowest BCUT2D eigenvalue weighted by Crippen LogP contribution is -2.07. The average molecular weight is 1490 g/mol. The first-order chi connectivity index (χ1) is 52.3. The zero-order chi connectivity index (χ0) is 78.2. The maximum atomic E-state index is 10.3. The number of fused-ring (bicyclic) bond motifs is 4. The number of nitrogens with zero attached hydrogens (tertiary/aromatic N) is 12. The van der Waals surface area contributed by atoms with Crippen molar-refractivity contribution in [1.82, 2.24) is 54.0 Å². The quantitative estimate of drug-likeness (QED) is 0.0401. The number of aryl methyl sites for hydroxylation is 11. The topological polar surface area (TPSA) is 352 Å². The number of benzene rings is 8. The molecule has 0 saturated carbocycles. The van der Waals surface area contributed by atoms with Gasteiger partial charge in [-0.1, -0.05) is 36.4 Å². The van der Waals surface area contributed by atoms with Gasteiger partial charge in [-0.2, -0.15) is 15.8 Å². The number of pyridine rings is 3. The average Bonchev–Trinajstić information content (AvgIpc) is 1.64. The molecule has 22 nitrogen and oxygen atoms in total. The third-order valence-electron chi connectivity index (χ3n) is 17.2.